The Balaban J connectivity index is 2.71. The highest BCUT2D eigenvalue weighted by Gasteiger charge is 2.27. The molecule has 0 saturated heterocycles. The van der Waals surface area contributed by atoms with Crippen LogP contribution in [-0.4, -0.2) is 23.1 Å². The Morgan fingerprint density at radius 1 is 1.62 bits per heavy atom. The van der Waals surface area contributed by atoms with Crippen molar-refractivity contribution < 1.29 is 14.6 Å². The average Bonchev–Trinajstić information content (AvgIpc) is 2.27. The van der Waals surface area contributed by atoms with Gasteiger partial charge in [0.05, 0.1) is 0 Å². The Bertz CT molecular complexity index is 479. The Morgan fingerprint density at radius 3 is 2.75 bits per heavy atom. The molecule has 1 atom stereocenters. The number of rotatable bonds is 4. The van der Waals surface area contributed by atoms with Crippen molar-refractivity contribution in [3.63, 3.8) is 0 Å². The summed E-state index contributed by atoms with van der Waals surface area (Å²) in [6, 6.07) is 1.90. The summed E-state index contributed by atoms with van der Waals surface area (Å²) in [7, 11) is 0. The van der Waals surface area contributed by atoms with E-state index in [1.807, 2.05) is 6.07 Å². The highest BCUT2D eigenvalue weighted by molar-refractivity contribution is 5.84. The molecule has 82 valence electrons. The van der Waals surface area contributed by atoms with E-state index in [2.05, 4.69) is 11.5 Å². The minimum atomic E-state index is -1.51. The number of ketones is 1. The number of aliphatic hydroxyl groups is 1. The zero-order chi connectivity index (χ0) is 12.2. The molecular formula is C12H11NO3. The molecule has 4 heteroatoms. The van der Waals surface area contributed by atoms with Gasteiger partial charge in [0.1, 0.15) is 18.2 Å². The van der Waals surface area contributed by atoms with Gasteiger partial charge in [-0.25, -0.2) is 0 Å². The van der Waals surface area contributed by atoms with Crippen LogP contribution in [0.25, 0.3) is 0 Å². The minimum absolute atomic E-state index is 0.154. The number of nitrogens with zero attached hydrogens (tertiary/aromatic N) is 1. The molecule has 1 aliphatic carbocycles. The minimum Gasteiger partial charge on any atom is -0.482 e. The number of carbonyl (C=O) groups is 1. The van der Waals surface area contributed by atoms with E-state index in [4.69, 9.17) is 10.00 Å². The summed E-state index contributed by atoms with van der Waals surface area (Å²) >= 11 is 0. The fourth-order valence-electron chi connectivity index (χ4n) is 0.841. The standard InChI is InChI=1S/C12H11NO3/c1-9(14)12(2,15)8-16-11-5-3-10(7-13)4-6-11/h3,5,15H,8H2,1-2H3. The van der Waals surface area contributed by atoms with Gasteiger partial charge in [0.15, 0.2) is 17.1 Å². The van der Waals surface area contributed by atoms with Gasteiger partial charge in [0.25, 0.3) is 0 Å². The maximum absolute atomic E-state index is 11.0. The predicted octanol–water partition coefficient (Wildman–Crippen LogP) is 1.00. The van der Waals surface area contributed by atoms with Gasteiger partial charge < -0.3 is 9.84 Å². The fraction of sp³-hybridized carbons (Fsp3) is 0.333. The third kappa shape index (κ3) is 2.98. The quantitative estimate of drug-likeness (QED) is 0.713. The first kappa shape index (κ1) is 12.0. The summed E-state index contributed by atoms with van der Waals surface area (Å²) in [4.78, 5) is 11.0. The van der Waals surface area contributed by atoms with Gasteiger partial charge in [-0.05, 0) is 37.5 Å². The number of allylic oxidation sites excluding steroid dienone is 3. The van der Waals surface area contributed by atoms with Crippen LogP contribution in [0.3, 0.4) is 0 Å². The predicted molar refractivity (Wildman–Crippen MR) is 56.1 cm³/mol. The first-order valence-electron chi connectivity index (χ1n) is 4.66. The van der Waals surface area contributed by atoms with Crippen molar-refractivity contribution in [1.29, 1.82) is 5.26 Å². The van der Waals surface area contributed by atoms with E-state index in [1.165, 1.54) is 26.0 Å². The number of hydrogen-bond donors (Lipinski definition) is 1. The lowest BCUT2D eigenvalue weighted by Crippen LogP contribution is -2.38. The van der Waals surface area contributed by atoms with Gasteiger partial charge in [-0.1, -0.05) is 0 Å². The van der Waals surface area contributed by atoms with Gasteiger partial charge in [-0.15, -0.1) is 0 Å². The number of Topliss-reactive ketones (excluding diaryl/α,β-unsaturated/α-hetero) is 1. The van der Waals surface area contributed by atoms with Crippen LogP contribution in [0.2, 0.25) is 0 Å². The van der Waals surface area contributed by atoms with Crippen molar-refractivity contribution in [3.8, 4) is 6.07 Å². The molecule has 1 unspecified atom stereocenters. The molecule has 0 aromatic rings. The van der Waals surface area contributed by atoms with Crippen molar-refractivity contribution in [2.75, 3.05) is 6.61 Å². The number of carbonyl (C=O) groups excluding carboxylic acids is 1. The molecule has 0 aromatic heterocycles. The lowest BCUT2D eigenvalue weighted by Gasteiger charge is -2.19. The highest BCUT2D eigenvalue weighted by Crippen LogP contribution is 2.11. The molecule has 1 aliphatic rings. The summed E-state index contributed by atoms with van der Waals surface area (Å²) in [6.45, 7) is 2.51. The van der Waals surface area contributed by atoms with Crippen LogP contribution >= 0.6 is 0 Å². The fourth-order valence-corrected chi connectivity index (χ4v) is 0.841. The van der Waals surface area contributed by atoms with Crippen molar-refractivity contribution in [2.24, 2.45) is 0 Å². The van der Waals surface area contributed by atoms with Crippen molar-refractivity contribution in [1.82, 2.24) is 0 Å². The van der Waals surface area contributed by atoms with E-state index in [-0.39, 0.29) is 12.4 Å². The first-order valence-corrected chi connectivity index (χ1v) is 4.66. The summed E-state index contributed by atoms with van der Waals surface area (Å²) < 4.78 is 5.16. The van der Waals surface area contributed by atoms with Gasteiger partial charge >= 0.3 is 0 Å². The van der Waals surface area contributed by atoms with Gasteiger partial charge in [0, 0.05) is 0 Å². The molecule has 4 nitrogen and oxygen atoms in total. The van der Waals surface area contributed by atoms with E-state index < -0.39 is 5.60 Å². The molecule has 0 bridgehead atoms. The van der Waals surface area contributed by atoms with Gasteiger partial charge in [0.2, 0.25) is 0 Å². The second kappa shape index (κ2) is 4.65. The lowest BCUT2D eigenvalue weighted by molar-refractivity contribution is -0.137. The summed E-state index contributed by atoms with van der Waals surface area (Å²) in [6.07, 6.45) is 3.06. The highest BCUT2D eigenvalue weighted by atomic mass is 16.5. The number of nitriles is 1. The monoisotopic (exact) mass is 217 g/mol. The topological polar surface area (TPSA) is 70.3 Å². The Hall–Kier alpha value is -2.04. The zero-order valence-corrected chi connectivity index (χ0v) is 9.07. The summed E-state index contributed by atoms with van der Waals surface area (Å²) in [5.74, 6) is -0.0364. The molecule has 0 saturated carbocycles. The second-order valence-corrected chi connectivity index (χ2v) is 3.59. The van der Waals surface area contributed by atoms with Crippen LogP contribution in [0.1, 0.15) is 13.8 Å². The van der Waals surface area contributed by atoms with Crippen LogP contribution in [0, 0.1) is 11.3 Å². The lowest BCUT2D eigenvalue weighted by atomic mass is 10.0. The third-order valence-electron chi connectivity index (χ3n) is 2.11. The molecule has 0 radical (unpaired) electrons. The maximum atomic E-state index is 11.0. The largest absolute Gasteiger partial charge is 0.482 e. The van der Waals surface area contributed by atoms with E-state index in [9.17, 15) is 9.90 Å². The SMILES string of the molecule is CC(=O)C(C)(O)COC1=C=C=C(C#N)C=C1. The number of ether oxygens (including phenoxy) is 1. The Labute approximate surface area is 93.5 Å². The molecule has 0 spiro atoms. The van der Waals surface area contributed by atoms with E-state index in [1.54, 1.807) is 0 Å². The summed E-state index contributed by atoms with van der Waals surface area (Å²) in [5.41, 5.74) is 4.02. The second-order valence-electron chi connectivity index (χ2n) is 3.59. The Kier molecular flexibility index (Phi) is 3.50. The molecule has 0 heterocycles. The molecule has 0 fully saturated rings. The molecule has 0 aliphatic heterocycles. The molecule has 1 rings (SSSR count). The van der Waals surface area contributed by atoms with Gasteiger partial charge in [-0.3, -0.25) is 4.79 Å². The molecule has 0 amide bonds. The molecule has 1 N–H and O–H groups in total. The average molecular weight is 217 g/mol. The zero-order valence-electron chi connectivity index (χ0n) is 9.07. The van der Waals surface area contributed by atoms with E-state index in [0.29, 0.717) is 11.3 Å². The summed E-state index contributed by atoms with van der Waals surface area (Å²) in [5, 5.41) is 18.1. The number of hydrogen-bond acceptors (Lipinski definition) is 4. The Morgan fingerprint density at radius 2 is 2.31 bits per heavy atom. The van der Waals surface area contributed by atoms with Gasteiger partial charge in [-0.2, -0.15) is 5.26 Å². The molecular weight excluding hydrogens is 206 g/mol. The van der Waals surface area contributed by atoms with Crippen molar-refractivity contribution >= 4 is 5.78 Å². The first-order chi connectivity index (χ1) is 7.45. The van der Waals surface area contributed by atoms with Crippen LogP contribution in [0.4, 0.5) is 0 Å². The third-order valence-corrected chi connectivity index (χ3v) is 2.11. The van der Waals surface area contributed by atoms with E-state index in [0.717, 1.165) is 0 Å². The van der Waals surface area contributed by atoms with Crippen molar-refractivity contribution in [3.05, 3.63) is 34.9 Å². The van der Waals surface area contributed by atoms with E-state index >= 15 is 0 Å². The van der Waals surface area contributed by atoms with Crippen LogP contribution in [0.5, 0.6) is 0 Å². The van der Waals surface area contributed by atoms with Crippen LogP contribution < -0.4 is 0 Å². The van der Waals surface area contributed by atoms with Crippen LogP contribution in [0.15, 0.2) is 34.9 Å². The molecule has 16 heavy (non-hydrogen) atoms. The smallest absolute Gasteiger partial charge is 0.170 e. The maximum Gasteiger partial charge on any atom is 0.170 e. The normalized spacial score (nSPS) is 16.9. The molecule has 0 aromatic carbocycles. The van der Waals surface area contributed by atoms with Crippen LogP contribution in [-0.2, 0) is 9.53 Å². The van der Waals surface area contributed by atoms with Crippen molar-refractivity contribution in [2.45, 2.75) is 19.4 Å².